The number of rotatable bonds is 4. The molecule has 3 N–H and O–H groups in total. The van der Waals surface area contributed by atoms with Crippen molar-refractivity contribution in [2.24, 2.45) is 0 Å². The van der Waals surface area contributed by atoms with E-state index in [1.807, 2.05) is 17.8 Å². The van der Waals surface area contributed by atoms with Crippen LogP contribution in [0.5, 0.6) is 0 Å². The van der Waals surface area contributed by atoms with Crippen LogP contribution in [0, 0.1) is 6.92 Å². The quantitative estimate of drug-likeness (QED) is 0.467. The lowest BCUT2D eigenvalue weighted by Gasteiger charge is -2.19. The molecule has 3 aromatic rings. The van der Waals surface area contributed by atoms with Crippen molar-refractivity contribution in [2.75, 3.05) is 22.6 Å². The first kappa shape index (κ1) is 21.5. The molecule has 0 radical (unpaired) electrons. The molecule has 31 heavy (non-hydrogen) atoms. The third-order valence-corrected chi connectivity index (χ3v) is 6.20. The van der Waals surface area contributed by atoms with Crippen molar-refractivity contribution in [3.8, 4) is 0 Å². The maximum Gasteiger partial charge on any atom is 0.416 e. The zero-order valence-corrected chi connectivity index (χ0v) is 18.1. The van der Waals surface area contributed by atoms with Gasteiger partial charge in [-0.15, -0.1) is 0 Å². The number of hydrogen-bond donors (Lipinski definition) is 2. The molecule has 2 heterocycles. The summed E-state index contributed by atoms with van der Waals surface area (Å²) in [6, 6.07) is 9.29. The van der Waals surface area contributed by atoms with Gasteiger partial charge in [-0.3, -0.25) is 0 Å². The second-order valence-electron chi connectivity index (χ2n) is 7.66. The minimum absolute atomic E-state index is 0.0755. The summed E-state index contributed by atoms with van der Waals surface area (Å²) in [6.45, 7) is 3.59. The van der Waals surface area contributed by atoms with Crippen LogP contribution in [0.3, 0.4) is 0 Å². The first-order chi connectivity index (χ1) is 14.7. The summed E-state index contributed by atoms with van der Waals surface area (Å²) in [7, 11) is 0. The maximum absolute atomic E-state index is 13.2. The van der Waals surface area contributed by atoms with Gasteiger partial charge in [-0.25, -0.2) is 9.97 Å². The topological polar surface area (TPSA) is 63.8 Å². The minimum atomic E-state index is -4.46. The fourth-order valence-electron chi connectivity index (χ4n) is 3.72. The van der Waals surface area contributed by atoms with E-state index in [0.717, 1.165) is 46.5 Å². The Labute approximate surface area is 183 Å². The lowest BCUT2D eigenvalue weighted by Crippen LogP contribution is -2.13. The number of nitrogens with zero attached hydrogens (tertiary/aromatic N) is 2. The van der Waals surface area contributed by atoms with Crippen molar-refractivity contribution in [3.05, 3.63) is 65.0 Å². The molecular weight excluding hydrogens is 421 g/mol. The summed E-state index contributed by atoms with van der Waals surface area (Å²) in [5.74, 6) is 3.27. The summed E-state index contributed by atoms with van der Waals surface area (Å²) < 4.78 is 39.7. The third-order valence-electron chi connectivity index (χ3n) is 5.30. The average Bonchev–Trinajstić information content (AvgIpc) is 2.73. The van der Waals surface area contributed by atoms with E-state index in [9.17, 15) is 13.2 Å². The molecule has 0 bridgehead atoms. The van der Waals surface area contributed by atoms with Crippen LogP contribution in [0.1, 0.15) is 41.9 Å². The number of aryl methyl sites for hydroxylation is 1. The van der Waals surface area contributed by atoms with Crippen molar-refractivity contribution in [1.29, 1.82) is 0 Å². The van der Waals surface area contributed by atoms with Crippen molar-refractivity contribution in [2.45, 2.75) is 32.5 Å². The number of allylic oxidation sites excluding steroid dienone is 1. The Kier molecular flexibility index (Phi) is 5.83. The van der Waals surface area contributed by atoms with Crippen LogP contribution in [0.15, 0.2) is 42.5 Å². The molecule has 0 saturated heterocycles. The van der Waals surface area contributed by atoms with Crippen LogP contribution >= 0.6 is 11.8 Å². The summed E-state index contributed by atoms with van der Waals surface area (Å²) in [5, 5.41) is 4.12. The zero-order chi connectivity index (χ0) is 22.2. The molecule has 1 aliphatic heterocycles. The van der Waals surface area contributed by atoms with E-state index >= 15 is 0 Å². The predicted octanol–water partition coefficient (Wildman–Crippen LogP) is 6.23. The minimum Gasteiger partial charge on any atom is -0.399 e. The van der Waals surface area contributed by atoms with E-state index in [-0.39, 0.29) is 5.69 Å². The van der Waals surface area contributed by atoms with Gasteiger partial charge in [0.2, 0.25) is 0 Å². The third kappa shape index (κ3) is 4.79. The Balaban J connectivity index is 1.72. The molecule has 1 aromatic heterocycles. The summed E-state index contributed by atoms with van der Waals surface area (Å²) in [5.41, 5.74) is 8.72. The van der Waals surface area contributed by atoms with Gasteiger partial charge >= 0.3 is 6.18 Å². The number of hydrogen-bond acceptors (Lipinski definition) is 5. The van der Waals surface area contributed by atoms with Crippen molar-refractivity contribution < 1.29 is 13.2 Å². The summed E-state index contributed by atoms with van der Waals surface area (Å²) in [6.07, 6.45) is -1.21. The number of halogens is 3. The zero-order valence-electron chi connectivity index (χ0n) is 17.3. The molecule has 0 fully saturated rings. The second-order valence-corrected chi connectivity index (χ2v) is 8.81. The molecule has 4 rings (SSSR count). The Morgan fingerprint density at radius 3 is 2.65 bits per heavy atom. The lowest BCUT2D eigenvalue weighted by atomic mass is 10.0. The van der Waals surface area contributed by atoms with Gasteiger partial charge in [0, 0.05) is 16.8 Å². The number of nitrogens with two attached hydrogens (primary N) is 1. The Morgan fingerprint density at radius 2 is 1.94 bits per heavy atom. The SMILES string of the molecule is Cc1nc(N[C@H](C)c2cc(N)cc(C(F)(F)F)c2)c2cc(C3=CCSCC3)ccc2n1. The number of nitrogen functional groups attached to an aromatic ring is 1. The number of anilines is 2. The van der Waals surface area contributed by atoms with Crippen LogP contribution in [-0.2, 0) is 6.18 Å². The normalized spacial score (nSPS) is 15.6. The average molecular weight is 445 g/mol. The van der Waals surface area contributed by atoms with E-state index in [1.54, 1.807) is 19.9 Å². The largest absolute Gasteiger partial charge is 0.416 e. The number of thioether (sulfide) groups is 1. The molecule has 4 nitrogen and oxygen atoms in total. The maximum atomic E-state index is 13.2. The predicted molar refractivity (Wildman–Crippen MR) is 122 cm³/mol. The number of aromatic nitrogens is 2. The van der Waals surface area contributed by atoms with E-state index in [0.29, 0.717) is 17.2 Å². The smallest absolute Gasteiger partial charge is 0.399 e. The fourth-order valence-corrected chi connectivity index (χ4v) is 4.57. The van der Waals surface area contributed by atoms with Gasteiger partial charge in [0.15, 0.2) is 0 Å². The second kappa shape index (κ2) is 8.42. The molecule has 162 valence electrons. The molecule has 0 unspecified atom stereocenters. The Bertz CT molecular complexity index is 1160. The van der Waals surface area contributed by atoms with Gasteiger partial charge in [0.25, 0.3) is 0 Å². The van der Waals surface area contributed by atoms with Crippen LogP contribution in [0.2, 0.25) is 0 Å². The molecular formula is C23H23F3N4S. The number of alkyl halides is 3. The molecule has 2 aromatic carbocycles. The first-order valence-electron chi connectivity index (χ1n) is 10.0. The highest BCUT2D eigenvalue weighted by molar-refractivity contribution is 7.99. The van der Waals surface area contributed by atoms with E-state index < -0.39 is 17.8 Å². The van der Waals surface area contributed by atoms with Crippen molar-refractivity contribution in [1.82, 2.24) is 9.97 Å². The lowest BCUT2D eigenvalue weighted by molar-refractivity contribution is -0.137. The molecule has 1 aliphatic rings. The van der Waals surface area contributed by atoms with Crippen molar-refractivity contribution >= 4 is 39.7 Å². The fraction of sp³-hybridized carbons (Fsp3) is 0.304. The summed E-state index contributed by atoms with van der Waals surface area (Å²) >= 11 is 1.91. The number of fused-ring (bicyclic) bond motifs is 1. The molecule has 0 amide bonds. The highest BCUT2D eigenvalue weighted by Crippen LogP contribution is 2.34. The number of benzene rings is 2. The Morgan fingerprint density at radius 1 is 1.13 bits per heavy atom. The van der Waals surface area contributed by atoms with Gasteiger partial charge in [-0.05, 0) is 73.1 Å². The molecule has 0 saturated carbocycles. The van der Waals surface area contributed by atoms with Crippen LogP contribution < -0.4 is 11.1 Å². The molecule has 0 spiro atoms. The van der Waals surface area contributed by atoms with Crippen LogP contribution in [-0.4, -0.2) is 21.5 Å². The van der Waals surface area contributed by atoms with E-state index in [1.165, 1.54) is 5.57 Å². The summed E-state index contributed by atoms with van der Waals surface area (Å²) in [4.78, 5) is 9.07. The van der Waals surface area contributed by atoms with Crippen LogP contribution in [0.25, 0.3) is 16.5 Å². The van der Waals surface area contributed by atoms with Crippen molar-refractivity contribution in [3.63, 3.8) is 0 Å². The molecule has 8 heteroatoms. The monoisotopic (exact) mass is 444 g/mol. The van der Waals surface area contributed by atoms with Gasteiger partial charge < -0.3 is 11.1 Å². The van der Waals surface area contributed by atoms with Gasteiger partial charge in [0.1, 0.15) is 11.6 Å². The van der Waals surface area contributed by atoms with E-state index in [4.69, 9.17) is 5.73 Å². The molecule has 1 atom stereocenters. The standard InChI is InChI=1S/C23H23F3N4S/c1-13(17-9-18(23(24,25)26)12-19(27)10-17)28-22-20-11-16(15-5-7-31-8-6-15)3-4-21(20)29-14(2)30-22/h3-5,9-13H,6-8,27H2,1-2H3,(H,28,29,30)/t13-/m1/s1. The molecule has 0 aliphatic carbocycles. The van der Waals surface area contributed by atoms with Crippen LogP contribution in [0.4, 0.5) is 24.7 Å². The first-order valence-corrected chi connectivity index (χ1v) is 11.2. The van der Waals surface area contributed by atoms with Gasteiger partial charge in [-0.2, -0.15) is 24.9 Å². The highest BCUT2D eigenvalue weighted by atomic mass is 32.2. The number of nitrogens with one attached hydrogen (secondary N) is 1. The highest BCUT2D eigenvalue weighted by Gasteiger charge is 2.31. The van der Waals surface area contributed by atoms with Gasteiger partial charge in [0.05, 0.1) is 17.1 Å². The van der Waals surface area contributed by atoms with E-state index in [2.05, 4.69) is 33.5 Å². The van der Waals surface area contributed by atoms with Gasteiger partial charge in [-0.1, -0.05) is 12.1 Å². The Hall–Kier alpha value is -2.74.